The second kappa shape index (κ2) is 8.17. The van der Waals surface area contributed by atoms with Crippen LogP contribution in [0, 0.1) is 39.9 Å². The molecule has 0 N–H and O–H groups in total. The van der Waals surface area contributed by atoms with Crippen molar-refractivity contribution in [1.82, 2.24) is 0 Å². The van der Waals surface area contributed by atoms with Crippen LogP contribution in [0.2, 0.25) is 0 Å². The quantitative estimate of drug-likeness (QED) is 0.454. The van der Waals surface area contributed by atoms with Crippen LogP contribution in [0.1, 0.15) is 97.5 Å². The van der Waals surface area contributed by atoms with E-state index >= 15 is 0 Å². The van der Waals surface area contributed by atoms with Gasteiger partial charge in [-0.3, -0.25) is 4.79 Å². The topological polar surface area (TPSA) is 26.3 Å². The second-order valence-corrected chi connectivity index (χ2v) is 12.7. The molecule has 5 rings (SSSR count). The van der Waals surface area contributed by atoms with Crippen LogP contribution >= 0.6 is 0 Å². The van der Waals surface area contributed by atoms with Crippen LogP contribution in [-0.2, 0) is 16.0 Å². The van der Waals surface area contributed by atoms with Crippen LogP contribution in [0.15, 0.2) is 30.3 Å². The molecule has 1 aromatic rings. The second-order valence-electron chi connectivity index (χ2n) is 12.7. The lowest BCUT2D eigenvalue weighted by atomic mass is 9.43. The zero-order valence-electron chi connectivity index (χ0n) is 20.9. The molecule has 0 radical (unpaired) electrons. The Labute approximate surface area is 195 Å². The molecule has 176 valence electrons. The van der Waals surface area contributed by atoms with E-state index in [0.29, 0.717) is 16.2 Å². The van der Waals surface area contributed by atoms with Crippen molar-refractivity contribution in [3.63, 3.8) is 0 Å². The van der Waals surface area contributed by atoms with E-state index in [2.05, 4.69) is 51.1 Å². The standard InChI is InChI=1S/C30H44O2/c1-21(31)32-24-13-18-29(3)23(20-24)10-11-25-26(29)15-19-30(4)27(25)14-17-28(30,2)16-12-22-8-6-5-7-9-22/h5-9,23-27H,10-20H2,1-4H3/t23-,24-,25+,26+,27-,28-,29+,30+/m1/s1. The summed E-state index contributed by atoms with van der Waals surface area (Å²) in [6.45, 7) is 9.50. The molecule has 2 heteroatoms. The van der Waals surface area contributed by atoms with Crippen molar-refractivity contribution in [3.8, 4) is 0 Å². The van der Waals surface area contributed by atoms with E-state index in [1.54, 1.807) is 6.92 Å². The maximum absolute atomic E-state index is 11.5. The molecule has 1 aromatic carbocycles. The molecule has 4 aliphatic rings. The zero-order valence-corrected chi connectivity index (χ0v) is 20.9. The maximum atomic E-state index is 11.5. The molecule has 0 aliphatic heterocycles. The van der Waals surface area contributed by atoms with Crippen molar-refractivity contribution in [2.24, 2.45) is 39.9 Å². The Morgan fingerprint density at radius 1 is 0.938 bits per heavy atom. The number of benzene rings is 1. The Hall–Kier alpha value is -1.31. The van der Waals surface area contributed by atoms with Crippen molar-refractivity contribution >= 4 is 5.97 Å². The first-order valence-corrected chi connectivity index (χ1v) is 13.5. The first-order valence-electron chi connectivity index (χ1n) is 13.5. The van der Waals surface area contributed by atoms with Crippen LogP contribution < -0.4 is 0 Å². The third-order valence-electron chi connectivity index (χ3n) is 11.5. The third kappa shape index (κ3) is 3.55. The van der Waals surface area contributed by atoms with Gasteiger partial charge in [-0.1, -0.05) is 51.1 Å². The van der Waals surface area contributed by atoms with Gasteiger partial charge in [0.05, 0.1) is 0 Å². The Morgan fingerprint density at radius 2 is 1.69 bits per heavy atom. The number of esters is 1. The fourth-order valence-corrected chi connectivity index (χ4v) is 9.40. The van der Waals surface area contributed by atoms with Gasteiger partial charge in [0.25, 0.3) is 0 Å². The van der Waals surface area contributed by atoms with E-state index in [1.807, 2.05) is 0 Å². The molecular formula is C30H44O2. The molecule has 2 nitrogen and oxygen atoms in total. The first-order chi connectivity index (χ1) is 15.3. The molecule has 8 atom stereocenters. The van der Waals surface area contributed by atoms with Gasteiger partial charge in [-0.15, -0.1) is 0 Å². The van der Waals surface area contributed by atoms with Gasteiger partial charge in [0.2, 0.25) is 0 Å². The van der Waals surface area contributed by atoms with E-state index < -0.39 is 0 Å². The molecule has 0 aromatic heterocycles. The average molecular weight is 437 g/mol. The number of ether oxygens (including phenoxy) is 1. The van der Waals surface area contributed by atoms with E-state index in [1.165, 1.54) is 63.4 Å². The first kappa shape index (κ1) is 22.5. The van der Waals surface area contributed by atoms with E-state index in [0.717, 1.165) is 36.5 Å². The van der Waals surface area contributed by atoms with Crippen LogP contribution in [0.25, 0.3) is 0 Å². The largest absolute Gasteiger partial charge is 0.463 e. The highest BCUT2D eigenvalue weighted by molar-refractivity contribution is 5.66. The molecule has 32 heavy (non-hydrogen) atoms. The van der Waals surface area contributed by atoms with E-state index in [9.17, 15) is 4.79 Å². The zero-order chi connectivity index (χ0) is 22.6. The van der Waals surface area contributed by atoms with Gasteiger partial charge in [0.1, 0.15) is 6.10 Å². The van der Waals surface area contributed by atoms with Crippen LogP contribution in [-0.4, -0.2) is 12.1 Å². The Morgan fingerprint density at radius 3 is 2.44 bits per heavy atom. The number of carbonyl (C=O) groups is 1. The number of aryl methyl sites for hydroxylation is 1. The minimum atomic E-state index is -0.0959. The SMILES string of the molecule is CC(=O)O[C@@H]1CC[C@@]2(C)[C@H](CC[C@@H]3[C@H]4CC[C@@](C)(CCc5ccccc5)[C@@]4(C)CC[C@@H]32)C1. The van der Waals surface area contributed by atoms with Crippen molar-refractivity contribution < 1.29 is 9.53 Å². The smallest absolute Gasteiger partial charge is 0.302 e. The fourth-order valence-electron chi connectivity index (χ4n) is 9.40. The highest BCUT2D eigenvalue weighted by Gasteiger charge is 2.63. The number of rotatable bonds is 4. The summed E-state index contributed by atoms with van der Waals surface area (Å²) in [6.07, 6.45) is 14.6. The van der Waals surface area contributed by atoms with Gasteiger partial charge in [0.15, 0.2) is 0 Å². The van der Waals surface area contributed by atoms with Crippen molar-refractivity contribution in [2.45, 2.75) is 104 Å². The lowest BCUT2D eigenvalue weighted by molar-refractivity contribution is -0.162. The molecule has 0 unspecified atom stereocenters. The van der Waals surface area contributed by atoms with E-state index in [-0.39, 0.29) is 12.1 Å². The lowest BCUT2D eigenvalue weighted by Crippen LogP contribution is -2.55. The summed E-state index contributed by atoms with van der Waals surface area (Å²) >= 11 is 0. The summed E-state index contributed by atoms with van der Waals surface area (Å²) in [5.74, 6) is 3.36. The van der Waals surface area contributed by atoms with Crippen LogP contribution in [0.3, 0.4) is 0 Å². The molecule has 4 saturated carbocycles. The third-order valence-corrected chi connectivity index (χ3v) is 11.5. The Balaban J connectivity index is 1.31. The molecule has 4 aliphatic carbocycles. The monoisotopic (exact) mass is 436 g/mol. The maximum Gasteiger partial charge on any atom is 0.302 e. The van der Waals surface area contributed by atoms with Gasteiger partial charge in [-0.2, -0.15) is 0 Å². The summed E-state index contributed by atoms with van der Waals surface area (Å²) in [7, 11) is 0. The Kier molecular flexibility index (Phi) is 5.74. The minimum Gasteiger partial charge on any atom is -0.463 e. The number of fused-ring (bicyclic) bond motifs is 5. The minimum absolute atomic E-state index is 0.0959. The van der Waals surface area contributed by atoms with E-state index in [4.69, 9.17) is 4.74 Å². The van der Waals surface area contributed by atoms with Crippen molar-refractivity contribution in [3.05, 3.63) is 35.9 Å². The number of hydrogen-bond acceptors (Lipinski definition) is 2. The average Bonchev–Trinajstić information content (AvgIpc) is 3.04. The van der Waals surface area contributed by atoms with Crippen LogP contribution in [0.5, 0.6) is 0 Å². The predicted octanol–water partition coefficient (Wildman–Crippen LogP) is 7.60. The molecule has 0 spiro atoms. The Bertz CT molecular complexity index is 832. The van der Waals surface area contributed by atoms with Gasteiger partial charge < -0.3 is 4.74 Å². The summed E-state index contributed by atoms with van der Waals surface area (Å²) in [5.41, 5.74) is 2.95. The number of carbonyl (C=O) groups excluding carboxylic acids is 1. The lowest BCUT2D eigenvalue weighted by Gasteiger charge is -2.62. The fraction of sp³-hybridized carbons (Fsp3) is 0.767. The van der Waals surface area contributed by atoms with Crippen LogP contribution in [0.4, 0.5) is 0 Å². The number of hydrogen-bond donors (Lipinski definition) is 0. The molecule has 4 fully saturated rings. The molecule has 0 amide bonds. The summed E-state index contributed by atoms with van der Waals surface area (Å²) < 4.78 is 5.66. The molecule has 0 saturated heterocycles. The molecular weight excluding hydrogens is 392 g/mol. The van der Waals surface area contributed by atoms with Crippen molar-refractivity contribution in [2.75, 3.05) is 0 Å². The normalized spacial score (nSPS) is 45.4. The summed E-state index contributed by atoms with van der Waals surface area (Å²) in [4.78, 5) is 11.5. The van der Waals surface area contributed by atoms with Gasteiger partial charge in [-0.25, -0.2) is 0 Å². The molecule has 0 heterocycles. The van der Waals surface area contributed by atoms with Gasteiger partial charge in [0, 0.05) is 6.92 Å². The van der Waals surface area contributed by atoms with Gasteiger partial charge >= 0.3 is 5.97 Å². The predicted molar refractivity (Wildman–Crippen MR) is 130 cm³/mol. The summed E-state index contributed by atoms with van der Waals surface area (Å²) in [6, 6.07) is 11.1. The van der Waals surface area contributed by atoms with Crippen molar-refractivity contribution in [1.29, 1.82) is 0 Å². The molecule has 0 bridgehead atoms. The van der Waals surface area contributed by atoms with Gasteiger partial charge in [-0.05, 0) is 116 Å². The highest BCUT2D eigenvalue weighted by atomic mass is 16.5. The summed E-state index contributed by atoms with van der Waals surface area (Å²) in [5, 5.41) is 0. The highest BCUT2D eigenvalue weighted by Crippen LogP contribution is 2.71.